The molecule has 0 spiro atoms. The van der Waals surface area contributed by atoms with E-state index in [1.54, 1.807) is 13.0 Å². The van der Waals surface area contributed by atoms with E-state index in [2.05, 4.69) is 10.5 Å². The summed E-state index contributed by atoms with van der Waals surface area (Å²) in [6, 6.07) is 1.63. The van der Waals surface area contributed by atoms with Gasteiger partial charge in [-0.2, -0.15) is 0 Å². The molecule has 0 radical (unpaired) electrons. The van der Waals surface area contributed by atoms with E-state index in [9.17, 15) is 14.4 Å². The van der Waals surface area contributed by atoms with Crippen molar-refractivity contribution in [2.45, 2.75) is 25.8 Å². The monoisotopic (exact) mass is 327 g/mol. The van der Waals surface area contributed by atoms with Crippen LogP contribution in [0.5, 0.6) is 0 Å². The number of aryl methyl sites for hydroxylation is 1. The second-order valence-electron chi connectivity index (χ2n) is 5.01. The van der Waals surface area contributed by atoms with Gasteiger partial charge in [0.05, 0.1) is 11.5 Å². The van der Waals surface area contributed by atoms with Gasteiger partial charge < -0.3 is 19.8 Å². The van der Waals surface area contributed by atoms with Crippen LogP contribution in [-0.2, 0) is 14.4 Å². The second kappa shape index (κ2) is 7.30. The predicted molar refractivity (Wildman–Crippen MR) is 79.6 cm³/mol. The highest BCUT2D eigenvalue weighted by atomic mass is 32.2. The first kappa shape index (κ1) is 16.3. The zero-order valence-corrected chi connectivity index (χ0v) is 12.9. The number of anilines is 1. The van der Waals surface area contributed by atoms with Gasteiger partial charge in [-0.25, -0.2) is 0 Å². The van der Waals surface area contributed by atoms with Crippen LogP contribution in [0.15, 0.2) is 10.6 Å². The summed E-state index contributed by atoms with van der Waals surface area (Å²) < 4.78 is 4.82. The Labute approximate surface area is 131 Å². The van der Waals surface area contributed by atoms with Crippen molar-refractivity contribution in [3.63, 3.8) is 0 Å². The third-order valence-corrected chi connectivity index (χ3v) is 3.89. The molecular formula is C13H17N3O5S. The van der Waals surface area contributed by atoms with E-state index in [1.807, 2.05) is 0 Å². The molecule has 1 aliphatic rings. The molecule has 1 heterocycles. The summed E-state index contributed by atoms with van der Waals surface area (Å²) in [5, 5.41) is 15.0. The van der Waals surface area contributed by atoms with E-state index in [0.717, 1.165) is 24.6 Å². The standard InChI is InChI=1S/C13H17N3O5S/c1-8-4-10(15-21-8)14-11(17)6-22-7-12(18)16(5-13(19)20)9-2-3-9/h4,9H,2-3,5-7H2,1H3,(H,19,20)(H,14,15,17). The topological polar surface area (TPSA) is 113 Å². The molecule has 1 aromatic rings. The van der Waals surface area contributed by atoms with Crippen LogP contribution in [0.3, 0.4) is 0 Å². The fourth-order valence-electron chi connectivity index (χ4n) is 1.87. The summed E-state index contributed by atoms with van der Waals surface area (Å²) in [6.07, 6.45) is 1.69. The molecule has 1 saturated carbocycles. The molecule has 22 heavy (non-hydrogen) atoms. The summed E-state index contributed by atoms with van der Waals surface area (Å²) >= 11 is 1.14. The lowest BCUT2D eigenvalue weighted by Crippen LogP contribution is -2.38. The molecule has 0 aromatic carbocycles. The number of rotatable bonds is 8. The Hall–Kier alpha value is -2.03. The van der Waals surface area contributed by atoms with Crippen molar-refractivity contribution in [1.82, 2.24) is 10.1 Å². The number of hydrogen-bond acceptors (Lipinski definition) is 6. The van der Waals surface area contributed by atoms with E-state index in [0.29, 0.717) is 11.6 Å². The maximum absolute atomic E-state index is 12.0. The number of aromatic nitrogens is 1. The smallest absolute Gasteiger partial charge is 0.323 e. The van der Waals surface area contributed by atoms with Gasteiger partial charge in [-0.1, -0.05) is 5.16 Å². The molecule has 1 aliphatic carbocycles. The highest BCUT2D eigenvalue weighted by Crippen LogP contribution is 2.27. The number of carbonyl (C=O) groups excluding carboxylic acids is 2. The first-order valence-corrected chi connectivity index (χ1v) is 7.93. The third-order valence-electron chi connectivity index (χ3n) is 2.97. The Morgan fingerprint density at radius 3 is 2.73 bits per heavy atom. The summed E-state index contributed by atoms with van der Waals surface area (Å²) in [5.74, 6) is -0.475. The first-order valence-electron chi connectivity index (χ1n) is 6.78. The zero-order chi connectivity index (χ0) is 16.1. The molecule has 1 aromatic heterocycles. The van der Waals surface area contributed by atoms with Crippen LogP contribution in [0, 0.1) is 6.92 Å². The minimum atomic E-state index is -1.02. The largest absolute Gasteiger partial charge is 0.480 e. The summed E-state index contributed by atoms with van der Waals surface area (Å²) in [4.78, 5) is 35.8. The number of carboxylic acids is 1. The van der Waals surface area contributed by atoms with Crippen molar-refractivity contribution >= 4 is 35.4 Å². The van der Waals surface area contributed by atoms with Gasteiger partial charge >= 0.3 is 5.97 Å². The highest BCUT2D eigenvalue weighted by Gasteiger charge is 2.33. The van der Waals surface area contributed by atoms with Gasteiger partial charge in [0.2, 0.25) is 11.8 Å². The van der Waals surface area contributed by atoms with Gasteiger partial charge in [0, 0.05) is 12.1 Å². The fourth-order valence-corrected chi connectivity index (χ4v) is 2.57. The number of hydrogen-bond donors (Lipinski definition) is 2. The molecule has 0 saturated heterocycles. The lowest BCUT2D eigenvalue weighted by molar-refractivity contribution is -0.143. The molecule has 0 unspecified atom stereocenters. The van der Waals surface area contributed by atoms with Gasteiger partial charge in [-0.05, 0) is 19.8 Å². The van der Waals surface area contributed by atoms with Gasteiger partial charge in [0.25, 0.3) is 0 Å². The normalized spacial score (nSPS) is 13.7. The van der Waals surface area contributed by atoms with Gasteiger partial charge in [-0.15, -0.1) is 11.8 Å². The van der Waals surface area contributed by atoms with Crippen LogP contribution < -0.4 is 5.32 Å². The number of aliphatic carboxylic acids is 1. The second-order valence-corrected chi connectivity index (χ2v) is 6.00. The van der Waals surface area contributed by atoms with Crippen molar-refractivity contribution in [3.05, 3.63) is 11.8 Å². The third kappa shape index (κ3) is 5.06. The minimum Gasteiger partial charge on any atom is -0.480 e. The maximum Gasteiger partial charge on any atom is 0.323 e. The molecule has 120 valence electrons. The van der Waals surface area contributed by atoms with Gasteiger partial charge in [-0.3, -0.25) is 14.4 Å². The van der Waals surface area contributed by atoms with Crippen molar-refractivity contribution in [1.29, 1.82) is 0 Å². The molecule has 9 heteroatoms. The number of amides is 2. The molecule has 2 N–H and O–H groups in total. The predicted octanol–water partition coefficient (Wildman–Crippen LogP) is 0.730. The maximum atomic E-state index is 12.0. The van der Waals surface area contributed by atoms with Crippen molar-refractivity contribution in [2.75, 3.05) is 23.4 Å². The Morgan fingerprint density at radius 1 is 1.45 bits per heavy atom. The zero-order valence-electron chi connectivity index (χ0n) is 12.1. The van der Waals surface area contributed by atoms with Crippen LogP contribution in [-0.4, -0.2) is 57.0 Å². The molecule has 0 aliphatic heterocycles. The molecule has 0 bridgehead atoms. The van der Waals surface area contributed by atoms with E-state index in [-0.39, 0.29) is 35.9 Å². The fraction of sp³-hybridized carbons (Fsp3) is 0.538. The molecule has 2 rings (SSSR count). The van der Waals surface area contributed by atoms with E-state index in [1.165, 1.54) is 4.90 Å². The SMILES string of the molecule is Cc1cc(NC(=O)CSCC(=O)N(CC(=O)O)C2CC2)no1. The Morgan fingerprint density at radius 2 is 2.18 bits per heavy atom. The molecule has 1 fully saturated rings. The Kier molecular flexibility index (Phi) is 5.42. The first-order chi connectivity index (χ1) is 10.5. The Bertz CT molecular complexity index is 570. The van der Waals surface area contributed by atoms with Gasteiger partial charge in [0.1, 0.15) is 12.3 Å². The quantitative estimate of drug-likeness (QED) is 0.723. The minimum absolute atomic E-state index is 0.0381. The van der Waals surface area contributed by atoms with Crippen LogP contribution >= 0.6 is 11.8 Å². The van der Waals surface area contributed by atoms with Crippen molar-refractivity contribution in [2.24, 2.45) is 0 Å². The van der Waals surface area contributed by atoms with Crippen molar-refractivity contribution < 1.29 is 24.0 Å². The lowest BCUT2D eigenvalue weighted by atomic mass is 10.4. The molecule has 0 atom stereocenters. The average Bonchev–Trinajstić information content (AvgIpc) is 3.19. The Balaban J connectivity index is 1.71. The van der Waals surface area contributed by atoms with Crippen molar-refractivity contribution in [3.8, 4) is 0 Å². The van der Waals surface area contributed by atoms with E-state index < -0.39 is 5.97 Å². The highest BCUT2D eigenvalue weighted by molar-refractivity contribution is 8.00. The molecule has 8 nitrogen and oxygen atoms in total. The van der Waals surface area contributed by atoms with Gasteiger partial charge in [0.15, 0.2) is 5.82 Å². The molecule has 2 amide bonds. The molecular weight excluding hydrogens is 310 g/mol. The number of carbonyl (C=O) groups is 3. The van der Waals surface area contributed by atoms with E-state index in [4.69, 9.17) is 9.63 Å². The van der Waals surface area contributed by atoms with Crippen LogP contribution in [0.25, 0.3) is 0 Å². The summed E-state index contributed by atoms with van der Waals surface area (Å²) in [7, 11) is 0. The lowest BCUT2D eigenvalue weighted by Gasteiger charge is -2.19. The summed E-state index contributed by atoms with van der Waals surface area (Å²) in [6.45, 7) is 1.43. The van der Waals surface area contributed by atoms with E-state index >= 15 is 0 Å². The number of nitrogens with one attached hydrogen (secondary N) is 1. The average molecular weight is 327 g/mol. The summed E-state index contributed by atoms with van der Waals surface area (Å²) in [5.41, 5.74) is 0. The number of carboxylic acid groups (broad SMARTS) is 1. The number of thioether (sulfide) groups is 1. The van der Waals surface area contributed by atoms with Crippen LogP contribution in [0.2, 0.25) is 0 Å². The van der Waals surface area contributed by atoms with Crippen LogP contribution in [0.1, 0.15) is 18.6 Å². The van der Waals surface area contributed by atoms with Crippen LogP contribution in [0.4, 0.5) is 5.82 Å². The number of nitrogens with zero attached hydrogens (tertiary/aromatic N) is 2.